The molecule has 0 aliphatic carbocycles. The quantitative estimate of drug-likeness (QED) is 0.865. The number of nitrogens with zero attached hydrogens (tertiary/aromatic N) is 4. The maximum absolute atomic E-state index is 12.5. The highest BCUT2D eigenvalue weighted by Gasteiger charge is 2.25. The van der Waals surface area contributed by atoms with Crippen molar-refractivity contribution in [2.24, 2.45) is 5.92 Å². The molecule has 0 spiro atoms. The third kappa shape index (κ3) is 3.30. The Hall–Kier alpha value is -2.30. The van der Waals surface area contributed by atoms with E-state index in [1.54, 1.807) is 12.5 Å². The Morgan fingerprint density at radius 1 is 1.18 bits per heavy atom. The number of aromatic nitrogens is 2. The van der Waals surface area contributed by atoms with Gasteiger partial charge in [0.1, 0.15) is 0 Å². The fourth-order valence-corrected chi connectivity index (χ4v) is 2.92. The van der Waals surface area contributed by atoms with E-state index in [9.17, 15) is 4.79 Å². The van der Waals surface area contributed by atoms with Gasteiger partial charge in [-0.2, -0.15) is 0 Å². The lowest BCUT2D eigenvalue weighted by Crippen LogP contribution is -2.50. The van der Waals surface area contributed by atoms with Gasteiger partial charge in [-0.3, -0.25) is 4.79 Å². The number of hydrogen-bond acceptors (Lipinski definition) is 3. The van der Waals surface area contributed by atoms with Crippen LogP contribution in [-0.4, -0.2) is 46.5 Å². The van der Waals surface area contributed by atoms with Gasteiger partial charge in [-0.15, -0.1) is 0 Å². The lowest BCUT2D eigenvalue weighted by Gasteiger charge is -2.37. The molecule has 22 heavy (non-hydrogen) atoms. The van der Waals surface area contributed by atoms with Crippen molar-refractivity contribution >= 4 is 11.6 Å². The number of carbonyl (C=O) groups is 1. The second kappa shape index (κ2) is 6.64. The predicted molar refractivity (Wildman–Crippen MR) is 86.6 cm³/mol. The average molecular weight is 298 g/mol. The predicted octanol–water partition coefficient (Wildman–Crippen LogP) is 1.87. The van der Waals surface area contributed by atoms with E-state index < -0.39 is 0 Å². The van der Waals surface area contributed by atoms with E-state index >= 15 is 0 Å². The van der Waals surface area contributed by atoms with E-state index in [0.29, 0.717) is 6.54 Å². The molecule has 3 rings (SSSR count). The van der Waals surface area contributed by atoms with Crippen LogP contribution in [0.3, 0.4) is 0 Å². The molecule has 5 heteroatoms. The van der Waals surface area contributed by atoms with Crippen LogP contribution in [0.1, 0.15) is 6.92 Å². The smallest absolute Gasteiger partial charge is 0.227 e. The normalized spacial score (nSPS) is 16.6. The van der Waals surface area contributed by atoms with Crippen LogP contribution in [0.25, 0.3) is 0 Å². The summed E-state index contributed by atoms with van der Waals surface area (Å²) >= 11 is 0. The highest BCUT2D eigenvalue weighted by molar-refractivity contribution is 5.78. The highest BCUT2D eigenvalue weighted by atomic mass is 16.2. The molecule has 0 bridgehead atoms. The van der Waals surface area contributed by atoms with E-state index in [2.05, 4.69) is 34.1 Å². The van der Waals surface area contributed by atoms with Crippen molar-refractivity contribution in [3.8, 4) is 0 Å². The molecule has 1 aromatic carbocycles. The van der Waals surface area contributed by atoms with Crippen molar-refractivity contribution in [2.75, 3.05) is 31.1 Å². The Morgan fingerprint density at radius 3 is 2.55 bits per heavy atom. The summed E-state index contributed by atoms with van der Waals surface area (Å²) in [5.41, 5.74) is 1.24. The van der Waals surface area contributed by atoms with Crippen LogP contribution in [0.2, 0.25) is 0 Å². The molecule has 116 valence electrons. The summed E-state index contributed by atoms with van der Waals surface area (Å²) in [6.45, 7) is 6.06. The number of anilines is 1. The summed E-state index contributed by atoms with van der Waals surface area (Å²) in [6, 6.07) is 10.4. The second-order valence-electron chi connectivity index (χ2n) is 5.81. The van der Waals surface area contributed by atoms with Gasteiger partial charge in [0, 0.05) is 50.8 Å². The lowest BCUT2D eigenvalue weighted by atomic mass is 10.1. The Bertz CT molecular complexity index is 588. The number of amides is 1. The average Bonchev–Trinajstić information content (AvgIpc) is 3.08. The first kappa shape index (κ1) is 14.6. The molecule has 1 unspecified atom stereocenters. The first-order valence-corrected chi connectivity index (χ1v) is 7.78. The van der Waals surface area contributed by atoms with Gasteiger partial charge in [0.05, 0.1) is 12.2 Å². The largest absolute Gasteiger partial charge is 0.368 e. The van der Waals surface area contributed by atoms with Crippen molar-refractivity contribution in [3.05, 3.63) is 49.1 Å². The van der Waals surface area contributed by atoms with Crippen molar-refractivity contribution in [1.29, 1.82) is 0 Å². The van der Waals surface area contributed by atoms with Crippen LogP contribution in [0.5, 0.6) is 0 Å². The first-order valence-electron chi connectivity index (χ1n) is 7.78. The van der Waals surface area contributed by atoms with Crippen molar-refractivity contribution in [2.45, 2.75) is 13.5 Å². The maximum Gasteiger partial charge on any atom is 0.227 e. The second-order valence-corrected chi connectivity index (χ2v) is 5.81. The third-order valence-corrected chi connectivity index (χ3v) is 4.18. The lowest BCUT2D eigenvalue weighted by molar-refractivity contribution is -0.135. The van der Waals surface area contributed by atoms with E-state index in [4.69, 9.17) is 0 Å². The van der Waals surface area contributed by atoms with E-state index in [1.165, 1.54) is 5.69 Å². The highest BCUT2D eigenvalue weighted by Crippen LogP contribution is 2.17. The number of imidazole rings is 1. The standard InChI is InChI=1S/C17H22N4O/c1-15(13-19-8-7-18-14-19)17(22)21-11-9-20(10-12-21)16-5-3-2-4-6-16/h2-8,14-15H,9-13H2,1H3. The van der Waals surface area contributed by atoms with E-state index in [1.807, 2.05) is 28.7 Å². The maximum atomic E-state index is 12.5. The fourth-order valence-electron chi connectivity index (χ4n) is 2.92. The third-order valence-electron chi connectivity index (χ3n) is 4.18. The molecular weight excluding hydrogens is 276 g/mol. The van der Waals surface area contributed by atoms with Gasteiger partial charge in [0.15, 0.2) is 0 Å². The SMILES string of the molecule is CC(Cn1ccnc1)C(=O)N1CCN(c2ccccc2)CC1. The van der Waals surface area contributed by atoms with Crippen LogP contribution in [-0.2, 0) is 11.3 Å². The van der Waals surface area contributed by atoms with Crippen molar-refractivity contribution < 1.29 is 4.79 Å². The number of hydrogen-bond donors (Lipinski definition) is 0. The van der Waals surface area contributed by atoms with Crippen LogP contribution in [0.4, 0.5) is 5.69 Å². The van der Waals surface area contributed by atoms with Crippen molar-refractivity contribution in [3.63, 3.8) is 0 Å². The molecule has 1 fully saturated rings. The van der Waals surface area contributed by atoms with Crippen molar-refractivity contribution in [1.82, 2.24) is 14.5 Å². The van der Waals surface area contributed by atoms with Gasteiger partial charge < -0.3 is 14.4 Å². The van der Waals surface area contributed by atoms with Gasteiger partial charge in [0.25, 0.3) is 0 Å². The van der Waals surface area contributed by atoms with Gasteiger partial charge >= 0.3 is 0 Å². The molecule has 0 radical (unpaired) electrons. The molecule has 1 aromatic heterocycles. The number of para-hydroxylation sites is 1. The monoisotopic (exact) mass is 298 g/mol. The van der Waals surface area contributed by atoms with Crippen LogP contribution >= 0.6 is 0 Å². The molecule has 1 aliphatic rings. The summed E-state index contributed by atoms with van der Waals surface area (Å²) < 4.78 is 1.96. The fraction of sp³-hybridized carbons (Fsp3) is 0.412. The van der Waals surface area contributed by atoms with Gasteiger partial charge in [-0.1, -0.05) is 25.1 Å². The minimum absolute atomic E-state index is 0.0162. The zero-order valence-corrected chi connectivity index (χ0v) is 12.9. The molecule has 1 amide bonds. The number of piperazine rings is 1. The van der Waals surface area contributed by atoms with Crippen LogP contribution in [0, 0.1) is 5.92 Å². The number of benzene rings is 1. The Kier molecular flexibility index (Phi) is 4.42. The molecule has 5 nitrogen and oxygen atoms in total. The summed E-state index contributed by atoms with van der Waals surface area (Å²) in [6.07, 6.45) is 5.41. The zero-order valence-electron chi connectivity index (χ0n) is 12.9. The molecule has 1 aliphatic heterocycles. The first-order chi connectivity index (χ1) is 10.7. The topological polar surface area (TPSA) is 41.4 Å². The zero-order chi connectivity index (χ0) is 15.4. The minimum atomic E-state index is -0.0162. The summed E-state index contributed by atoms with van der Waals surface area (Å²) in [5.74, 6) is 0.221. The van der Waals surface area contributed by atoms with Gasteiger partial charge in [-0.05, 0) is 12.1 Å². The molecule has 0 N–H and O–H groups in total. The van der Waals surface area contributed by atoms with Crippen LogP contribution in [0.15, 0.2) is 49.1 Å². The Morgan fingerprint density at radius 2 is 1.91 bits per heavy atom. The molecule has 0 saturated carbocycles. The molecule has 1 atom stereocenters. The Balaban J connectivity index is 1.53. The molecule has 2 aromatic rings. The Labute approximate surface area is 131 Å². The number of carbonyl (C=O) groups excluding carboxylic acids is 1. The number of rotatable bonds is 4. The summed E-state index contributed by atoms with van der Waals surface area (Å²) in [4.78, 5) is 20.9. The molecular formula is C17H22N4O. The van der Waals surface area contributed by atoms with E-state index in [0.717, 1.165) is 26.2 Å². The van der Waals surface area contributed by atoms with Crippen LogP contribution < -0.4 is 4.90 Å². The summed E-state index contributed by atoms with van der Waals surface area (Å²) in [7, 11) is 0. The minimum Gasteiger partial charge on any atom is -0.368 e. The molecule has 1 saturated heterocycles. The summed E-state index contributed by atoms with van der Waals surface area (Å²) in [5, 5.41) is 0. The van der Waals surface area contributed by atoms with Gasteiger partial charge in [0.2, 0.25) is 5.91 Å². The molecule has 2 heterocycles. The van der Waals surface area contributed by atoms with Gasteiger partial charge in [-0.25, -0.2) is 4.98 Å². The van der Waals surface area contributed by atoms with E-state index in [-0.39, 0.29) is 11.8 Å².